The molecule has 0 spiro atoms. The summed E-state index contributed by atoms with van der Waals surface area (Å²) in [4.78, 5) is 30.0. The Balaban J connectivity index is 2.19. The molecular weight excluding hydrogens is 246 g/mol. The second-order valence-corrected chi connectivity index (χ2v) is 4.02. The molecule has 2 aromatic rings. The van der Waals surface area contributed by atoms with Crippen LogP contribution in [0.3, 0.4) is 0 Å². The number of carbonyl (C=O) groups is 2. The van der Waals surface area contributed by atoms with Crippen LogP contribution in [-0.2, 0) is 0 Å². The number of aromatic carboxylic acids is 1. The van der Waals surface area contributed by atoms with Gasteiger partial charge in [-0.15, -0.1) is 0 Å². The maximum Gasteiger partial charge on any atom is 0.336 e. The molecule has 2 rings (SSSR count). The molecule has 6 heteroatoms. The SMILES string of the molecule is CC(NC(=O)c1ccccc1C(=O)O)c1ncc[nH]1. The van der Waals surface area contributed by atoms with Crippen LogP contribution >= 0.6 is 0 Å². The average Bonchev–Trinajstić information content (AvgIpc) is 2.92. The maximum absolute atomic E-state index is 12.1. The zero-order valence-electron chi connectivity index (χ0n) is 10.3. The van der Waals surface area contributed by atoms with Gasteiger partial charge in [-0.1, -0.05) is 12.1 Å². The Labute approximate surface area is 109 Å². The minimum Gasteiger partial charge on any atom is -0.478 e. The van der Waals surface area contributed by atoms with Crippen LogP contribution < -0.4 is 5.32 Å². The van der Waals surface area contributed by atoms with Crippen molar-refractivity contribution in [1.29, 1.82) is 0 Å². The fourth-order valence-electron chi connectivity index (χ4n) is 1.72. The normalized spacial score (nSPS) is 11.8. The molecule has 0 fully saturated rings. The molecule has 1 amide bonds. The zero-order valence-corrected chi connectivity index (χ0v) is 10.3. The predicted molar refractivity (Wildman–Crippen MR) is 67.9 cm³/mol. The Kier molecular flexibility index (Phi) is 3.61. The number of carboxylic acid groups (broad SMARTS) is 1. The minimum absolute atomic E-state index is 0.0216. The first kappa shape index (κ1) is 12.8. The zero-order chi connectivity index (χ0) is 13.8. The van der Waals surface area contributed by atoms with Crippen LogP contribution in [0.4, 0.5) is 0 Å². The van der Waals surface area contributed by atoms with Crippen molar-refractivity contribution in [2.45, 2.75) is 13.0 Å². The van der Waals surface area contributed by atoms with Gasteiger partial charge in [0, 0.05) is 12.4 Å². The lowest BCUT2D eigenvalue weighted by atomic mass is 10.1. The number of H-pyrrole nitrogens is 1. The largest absolute Gasteiger partial charge is 0.478 e. The standard InChI is InChI=1S/C13H13N3O3/c1-8(11-14-6-7-15-11)16-12(17)9-4-2-3-5-10(9)13(18)19/h2-8H,1H3,(H,14,15)(H,16,17)(H,18,19). The van der Waals surface area contributed by atoms with Gasteiger partial charge < -0.3 is 15.4 Å². The topological polar surface area (TPSA) is 95.1 Å². The summed E-state index contributed by atoms with van der Waals surface area (Å²) in [6, 6.07) is 5.75. The van der Waals surface area contributed by atoms with E-state index in [1.165, 1.54) is 12.1 Å². The number of aromatic amines is 1. The molecular formula is C13H13N3O3. The van der Waals surface area contributed by atoms with Crippen molar-refractivity contribution < 1.29 is 14.7 Å². The lowest BCUT2D eigenvalue weighted by Gasteiger charge is -2.12. The van der Waals surface area contributed by atoms with E-state index in [2.05, 4.69) is 15.3 Å². The van der Waals surface area contributed by atoms with Gasteiger partial charge in [-0.3, -0.25) is 4.79 Å². The molecule has 98 valence electrons. The van der Waals surface area contributed by atoms with Gasteiger partial charge in [0.25, 0.3) is 5.91 Å². The number of imidazole rings is 1. The second-order valence-electron chi connectivity index (χ2n) is 4.02. The second kappa shape index (κ2) is 5.34. The number of nitrogens with one attached hydrogen (secondary N) is 2. The van der Waals surface area contributed by atoms with Crippen molar-refractivity contribution in [1.82, 2.24) is 15.3 Å². The van der Waals surface area contributed by atoms with Gasteiger partial charge in [-0.25, -0.2) is 9.78 Å². The summed E-state index contributed by atoms with van der Waals surface area (Å²) in [7, 11) is 0. The number of amides is 1. The first-order chi connectivity index (χ1) is 9.09. The number of aromatic nitrogens is 2. The van der Waals surface area contributed by atoms with Crippen LogP contribution in [0.25, 0.3) is 0 Å². The summed E-state index contributed by atoms with van der Waals surface area (Å²) in [5.41, 5.74) is 0.111. The van der Waals surface area contributed by atoms with Crippen LogP contribution in [0, 0.1) is 0 Å². The summed E-state index contributed by atoms with van der Waals surface area (Å²) in [5.74, 6) is -0.959. The van der Waals surface area contributed by atoms with Gasteiger partial charge in [0.1, 0.15) is 5.82 Å². The molecule has 1 unspecified atom stereocenters. The third-order valence-corrected chi connectivity index (χ3v) is 2.68. The highest BCUT2D eigenvalue weighted by Gasteiger charge is 2.18. The number of nitrogens with zero attached hydrogens (tertiary/aromatic N) is 1. The summed E-state index contributed by atoms with van der Waals surface area (Å²) >= 11 is 0. The van der Waals surface area contributed by atoms with E-state index < -0.39 is 11.9 Å². The van der Waals surface area contributed by atoms with Gasteiger partial charge in [-0.05, 0) is 19.1 Å². The fourth-order valence-corrected chi connectivity index (χ4v) is 1.72. The Morgan fingerprint density at radius 2 is 2.00 bits per heavy atom. The van der Waals surface area contributed by atoms with Crippen LogP contribution in [0.5, 0.6) is 0 Å². The Morgan fingerprint density at radius 1 is 1.32 bits per heavy atom. The monoisotopic (exact) mass is 259 g/mol. The van der Waals surface area contributed by atoms with Crippen molar-refractivity contribution in [3.8, 4) is 0 Å². The molecule has 0 aliphatic carbocycles. The Morgan fingerprint density at radius 3 is 2.58 bits per heavy atom. The molecule has 1 atom stereocenters. The van der Waals surface area contributed by atoms with Crippen molar-refractivity contribution in [3.63, 3.8) is 0 Å². The summed E-state index contributed by atoms with van der Waals surface area (Å²) in [5, 5.41) is 11.7. The van der Waals surface area contributed by atoms with Gasteiger partial charge in [0.15, 0.2) is 0 Å². The molecule has 1 aromatic heterocycles. The van der Waals surface area contributed by atoms with Crippen molar-refractivity contribution in [3.05, 3.63) is 53.6 Å². The van der Waals surface area contributed by atoms with Crippen LogP contribution in [-0.4, -0.2) is 27.0 Å². The molecule has 3 N–H and O–H groups in total. The smallest absolute Gasteiger partial charge is 0.336 e. The fraction of sp³-hybridized carbons (Fsp3) is 0.154. The van der Waals surface area contributed by atoms with E-state index in [4.69, 9.17) is 5.11 Å². The van der Waals surface area contributed by atoms with Crippen LogP contribution in [0.1, 0.15) is 39.5 Å². The molecule has 0 saturated heterocycles. The molecule has 0 bridgehead atoms. The molecule has 6 nitrogen and oxygen atoms in total. The maximum atomic E-state index is 12.1. The summed E-state index contributed by atoms with van der Waals surface area (Å²) < 4.78 is 0. The first-order valence-electron chi connectivity index (χ1n) is 5.72. The van der Waals surface area contributed by atoms with Gasteiger partial charge in [-0.2, -0.15) is 0 Å². The molecule has 0 aliphatic rings. The van der Waals surface area contributed by atoms with Crippen molar-refractivity contribution in [2.24, 2.45) is 0 Å². The van der Waals surface area contributed by atoms with E-state index in [9.17, 15) is 9.59 Å². The van der Waals surface area contributed by atoms with Gasteiger partial charge >= 0.3 is 5.97 Å². The Hall–Kier alpha value is -2.63. The minimum atomic E-state index is -1.13. The molecule has 19 heavy (non-hydrogen) atoms. The number of carboxylic acids is 1. The number of hydrogen-bond acceptors (Lipinski definition) is 3. The van der Waals surface area contributed by atoms with Gasteiger partial charge in [0.05, 0.1) is 17.2 Å². The molecule has 0 radical (unpaired) electrons. The highest BCUT2D eigenvalue weighted by molar-refractivity contribution is 6.04. The average molecular weight is 259 g/mol. The number of benzene rings is 1. The third-order valence-electron chi connectivity index (χ3n) is 2.68. The van der Waals surface area contributed by atoms with Crippen LogP contribution in [0.15, 0.2) is 36.7 Å². The van der Waals surface area contributed by atoms with Crippen LogP contribution in [0.2, 0.25) is 0 Å². The van der Waals surface area contributed by atoms with E-state index in [1.807, 2.05) is 0 Å². The molecule has 0 aliphatic heterocycles. The molecule has 0 saturated carbocycles. The highest BCUT2D eigenvalue weighted by Crippen LogP contribution is 2.12. The molecule has 1 heterocycles. The summed E-state index contributed by atoms with van der Waals surface area (Å²) in [6.45, 7) is 1.76. The lowest BCUT2D eigenvalue weighted by molar-refractivity contribution is 0.0690. The van der Waals surface area contributed by atoms with E-state index in [0.717, 1.165) is 0 Å². The van der Waals surface area contributed by atoms with E-state index in [1.54, 1.807) is 31.5 Å². The van der Waals surface area contributed by atoms with E-state index >= 15 is 0 Å². The van der Waals surface area contributed by atoms with Crippen molar-refractivity contribution >= 4 is 11.9 Å². The lowest BCUT2D eigenvalue weighted by Crippen LogP contribution is -2.28. The third kappa shape index (κ3) is 2.79. The summed E-state index contributed by atoms with van der Waals surface area (Å²) in [6.07, 6.45) is 3.24. The first-order valence-corrected chi connectivity index (χ1v) is 5.72. The van der Waals surface area contributed by atoms with E-state index in [0.29, 0.717) is 5.82 Å². The van der Waals surface area contributed by atoms with Gasteiger partial charge in [0.2, 0.25) is 0 Å². The predicted octanol–water partition coefficient (Wildman–Crippen LogP) is 1.60. The molecule has 1 aromatic carbocycles. The number of carbonyl (C=O) groups excluding carboxylic acids is 1. The van der Waals surface area contributed by atoms with Crippen molar-refractivity contribution in [2.75, 3.05) is 0 Å². The Bertz CT molecular complexity index is 593. The van der Waals surface area contributed by atoms with E-state index in [-0.39, 0.29) is 17.2 Å². The number of hydrogen-bond donors (Lipinski definition) is 3. The number of rotatable bonds is 4. The highest BCUT2D eigenvalue weighted by atomic mass is 16.4. The quantitative estimate of drug-likeness (QED) is 0.777.